The minimum Gasteiger partial charge on any atom is -0.491 e. The first-order valence-corrected chi connectivity index (χ1v) is 17.3. The van der Waals surface area contributed by atoms with Crippen molar-refractivity contribution in [2.75, 3.05) is 106 Å². The summed E-state index contributed by atoms with van der Waals surface area (Å²) in [5.74, 6) is 1.74. The minimum atomic E-state index is 0.522. The van der Waals surface area contributed by atoms with Gasteiger partial charge in [0.25, 0.3) is 0 Å². The lowest BCUT2D eigenvalue weighted by atomic mass is 10.0. The van der Waals surface area contributed by atoms with E-state index >= 15 is 0 Å². The Kier molecular flexibility index (Phi) is 27.2. The second-order valence-electron chi connectivity index (χ2n) is 10.8. The van der Waals surface area contributed by atoms with Crippen LogP contribution in [0.15, 0.2) is 54.6 Å². The predicted octanol–water partition coefficient (Wildman–Crippen LogP) is 6.55. The average molecular weight is 649 g/mol. The highest BCUT2D eigenvalue weighted by molar-refractivity contribution is 5.27. The van der Waals surface area contributed by atoms with Crippen molar-refractivity contribution in [3.8, 4) is 11.5 Å². The summed E-state index contributed by atoms with van der Waals surface area (Å²) in [6, 6.07) is 18.2. The lowest BCUT2D eigenvalue weighted by molar-refractivity contribution is -0.0218. The maximum atomic E-state index is 5.78. The van der Waals surface area contributed by atoms with Gasteiger partial charge in [0.2, 0.25) is 0 Å². The lowest BCUT2D eigenvalue weighted by Gasteiger charge is -2.09. The summed E-state index contributed by atoms with van der Waals surface area (Å²) < 4.78 is 50.0. The van der Waals surface area contributed by atoms with Crippen LogP contribution in [-0.2, 0) is 39.6 Å². The first-order valence-electron chi connectivity index (χ1n) is 17.3. The maximum Gasteiger partial charge on any atom is 0.119 e. The molecule has 2 rings (SSSR count). The average Bonchev–Trinajstić information content (AvgIpc) is 3.09. The van der Waals surface area contributed by atoms with Crippen LogP contribution in [0.25, 0.3) is 0 Å². The van der Waals surface area contributed by atoms with Crippen LogP contribution in [0.1, 0.15) is 57.4 Å². The molecule has 0 aliphatic rings. The highest BCUT2D eigenvalue weighted by Gasteiger charge is 1.99. The Morgan fingerprint density at radius 3 is 1.11 bits per heavy atom. The van der Waals surface area contributed by atoms with Gasteiger partial charge in [0, 0.05) is 0 Å². The van der Waals surface area contributed by atoms with Gasteiger partial charge in [-0.25, -0.2) is 0 Å². The molecular weight excluding hydrogens is 588 g/mol. The van der Waals surface area contributed by atoms with Gasteiger partial charge in [-0.1, -0.05) is 75.8 Å². The summed E-state index contributed by atoms with van der Waals surface area (Å²) in [7, 11) is 0. The summed E-state index contributed by atoms with van der Waals surface area (Å²) in [4.78, 5) is 0. The van der Waals surface area contributed by atoms with E-state index in [0.29, 0.717) is 106 Å². The van der Waals surface area contributed by atoms with Gasteiger partial charge in [0.1, 0.15) is 24.7 Å². The van der Waals surface area contributed by atoms with Gasteiger partial charge in [-0.15, -0.1) is 0 Å². The molecule has 2 aromatic rings. The molecule has 262 valence electrons. The van der Waals surface area contributed by atoms with Gasteiger partial charge in [-0.2, -0.15) is 0 Å². The molecular formula is C37H60O9. The SMILES string of the molecule is CCCCCCCCCc1ccc(OCCOCCOCCOCCOCCOCCOCCOCCOc2ccccc2)cc1. The van der Waals surface area contributed by atoms with Crippen molar-refractivity contribution in [2.45, 2.75) is 58.3 Å². The number of hydrogen-bond donors (Lipinski definition) is 0. The van der Waals surface area contributed by atoms with E-state index in [0.717, 1.165) is 17.9 Å². The van der Waals surface area contributed by atoms with Crippen LogP contribution < -0.4 is 9.47 Å². The number of rotatable bonds is 34. The fourth-order valence-corrected chi connectivity index (χ4v) is 4.41. The van der Waals surface area contributed by atoms with Gasteiger partial charge in [0.15, 0.2) is 0 Å². The third-order valence-electron chi connectivity index (χ3n) is 6.96. The van der Waals surface area contributed by atoms with Crippen molar-refractivity contribution < 1.29 is 42.6 Å². The highest BCUT2D eigenvalue weighted by atomic mass is 16.6. The molecule has 0 radical (unpaired) electrons. The fraction of sp³-hybridized carbons (Fsp3) is 0.676. The van der Waals surface area contributed by atoms with Crippen molar-refractivity contribution in [3.05, 3.63) is 60.2 Å². The summed E-state index contributed by atoms with van der Waals surface area (Å²) in [6.45, 7) is 10.7. The summed E-state index contributed by atoms with van der Waals surface area (Å²) >= 11 is 0. The van der Waals surface area contributed by atoms with Crippen LogP contribution in [0.2, 0.25) is 0 Å². The van der Waals surface area contributed by atoms with Crippen LogP contribution in [-0.4, -0.2) is 106 Å². The van der Waals surface area contributed by atoms with E-state index in [4.69, 9.17) is 42.6 Å². The molecule has 0 unspecified atom stereocenters. The standard InChI is InChI=1S/C37H60O9/c1-2-3-4-5-6-7-9-12-35-15-17-37(18-16-35)46-34-32-44-30-28-42-26-24-40-22-20-38-19-21-39-23-25-41-27-29-43-31-33-45-36-13-10-8-11-14-36/h8,10-11,13-18H,2-7,9,12,19-34H2,1H3. The zero-order valence-electron chi connectivity index (χ0n) is 28.3. The summed E-state index contributed by atoms with van der Waals surface area (Å²) in [6.07, 6.45) is 10.5. The highest BCUT2D eigenvalue weighted by Crippen LogP contribution is 2.15. The van der Waals surface area contributed by atoms with E-state index in [1.54, 1.807) is 0 Å². The lowest BCUT2D eigenvalue weighted by Crippen LogP contribution is -2.15. The van der Waals surface area contributed by atoms with E-state index in [1.165, 1.54) is 50.5 Å². The molecule has 0 spiro atoms. The quantitative estimate of drug-likeness (QED) is 0.0785. The predicted molar refractivity (Wildman–Crippen MR) is 181 cm³/mol. The Morgan fingerprint density at radius 1 is 0.348 bits per heavy atom. The molecule has 9 heteroatoms. The normalized spacial score (nSPS) is 11.2. The van der Waals surface area contributed by atoms with Crippen molar-refractivity contribution in [1.29, 1.82) is 0 Å². The van der Waals surface area contributed by atoms with Gasteiger partial charge < -0.3 is 42.6 Å². The molecule has 9 nitrogen and oxygen atoms in total. The smallest absolute Gasteiger partial charge is 0.119 e. The van der Waals surface area contributed by atoms with Crippen molar-refractivity contribution >= 4 is 0 Å². The molecule has 0 aromatic heterocycles. The van der Waals surface area contributed by atoms with Crippen LogP contribution in [0, 0.1) is 0 Å². The Morgan fingerprint density at radius 2 is 0.696 bits per heavy atom. The Balaban J connectivity index is 1.21. The van der Waals surface area contributed by atoms with Gasteiger partial charge in [0.05, 0.1) is 92.5 Å². The van der Waals surface area contributed by atoms with E-state index in [1.807, 2.05) is 30.3 Å². The Hall–Kier alpha value is -2.24. The number of hydrogen-bond acceptors (Lipinski definition) is 9. The van der Waals surface area contributed by atoms with Crippen LogP contribution in [0.5, 0.6) is 11.5 Å². The first kappa shape index (κ1) is 39.9. The van der Waals surface area contributed by atoms with Gasteiger partial charge >= 0.3 is 0 Å². The Bertz CT molecular complexity index is 882. The topological polar surface area (TPSA) is 83.1 Å². The number of unbranched alkanes of at least 4 members (excludes halogenated alkanes) is 6. The monoisotopic (exact) mass is 648 g/mol. The van der Waals surface area contributed by atoms with E-state index in [9.17, 15) is 0 Å². The molecule has 0 atom stereocenters. The van der Waals surface area contributed by atoms with Crippen molar-refractivity contribution in [3.63, 3.8) is 0 Å². The third-order valence-corrected chi connectivity index (χ3v) is 6.96. The summed E-state index contributed by atoms with van der Waals surface area (Å²) in [5, 5.41) is 0. The Labute approximate surface area is 278 Å². The number of aryl methyl sites for hydroxylation is 1. The zero-order valence-corrected chi connectivity index (χ0v) is 28.3. The molecule has 0 bridgehead atoms. The molecule has 0 aliphatic heterocycles. The first-order chi connectivity index (χ1) is 22.9. The third kappa shape index (κ3) is 24.9. The maximum absolute atomic E-state index is 5.78. The molecule has 0 heterocycles. The van der Waals surface area contributed by atoms with E-state index < -0.39 is 0 Å². The largest absolute Gasteiger partial charge is 0.491 e. The second-order valence-corrected chi connectivity index (χ2v) is 10.8. The van der Waals surface area contributed by atoms with E-state index in [2.05, 4.69) is 31.2 Å². The second kappa shape index (κ2) is 31.4. The molecule has 0 N–H and O–H groups in total. The van der Waals surface area contributed by atoms with E-state index in [-0.39, 0.29) is 0 Å². The molecule has 0 fully saturated rings. The van der Waals surface area contributed by atoms with Gasteiger partial charge in [-0.3, -0.25) is 0 Å². The van der Waals surface area contributed by atoms with Crippen molar-refractivity contribution in [1.82, 2.24) is 0 Å². The zero-order chi connectivity index (χ0) is 32.4. The van der Waals surface area contributed by atoms with Crippen molar-refractivity contribution in [2.24, 2.45) is 0 Å². The number of ether oxygens (including phenoxy) is 9. The molecule has 0 saturated heterocycles. The summed E-state index contributed by atoms with van der Waals surface area (Å²) in [5.41, 5.74) is 1.38. The molecule has 2 aromatic carbocycles. The van der Waals surface area contributed by atoms with Crippen LogP contribution in [0.3, 0.4) is 0 Å². The number of para-hydroxylation sites is 1. The van der Waals surface area contributed by atoms with Gasteiger partial charge in [-0.05, 0) is 42.7 Å². The molecule has 0 amide bonds. The molecule has 0 saturated carbocycles. The van der Waals surface area contributed by atoms with Crippen LogP contribution in [0.4, 0.5) is 0 Å². The molecule has 46 heavy (non-hydrogen) atoms. The minimum absolute atomic E-state index is 0.522. The van der Waals surface area contributed by atoms with Crippen LogP contribution >= 0.6 is 0 Å². The fourth-order valence-electron chi connectivity index (χ4n) is 4.41. The molecule has 0 aliphatic carbocycles. The number of benzene rings is 2.